The lowest BCUT2D eigenvalue weighted by Crippen LogP contribution is -2.51. The second-order valence-corrected chi connectivity index (χ2v) is 6.99. The van der Waals surface area contributed by atoms with Crippen molar-refractivity contribution in [3.05, 3.63) is 0 Å². The molecule has 0 aromatic carbocycles. The summed E-state index contributed by atoms with van der Waals surface area (Å²) in [6.07, 6.45) is 1.22. The van der Waals surface area contributed by atoms with Crippen LogP contribution in [0.15, 0.2) is 0 Å². The highest BCUT2D eigenvalue weighted by Crippen LogP contribution is 2.41. The lowest BCUT2D eigenvalue weighted by Gasteiger charge is -2.32. The van der Waals surface area contributed by atoms with E-state index < -0.39 is 8.80 Å². The van der Waals surface area contributed by atoms with Gasteiger partial charge in [-0.25, -0.2) is 0 Å². The first kappa shape index (κ1) is 11.5. The Morgan fingerprint density at radius 1 is 1.07 bits per heavy atom. The Hall–Kier alpha value is 0.0169. The molecule has 5 nitrogen and oxygen atoms in total. The van der Waals surface area contributed by atoms with Gasteiger partial charge in [0.25, 0.3) is 0 Å². The summed E-state index contributed by atoms with van der Waals surface area (Å²) in [4.78, 5) is 0. The molecular weight excluding hydrogens is 216 g/mol. The number of hydrogen-bond acceptors (Lipinski definition) is 5. The summed E-state index contributed by atoms with van der Waals surface area (Å²) in [5.74, 6) is 0. The zero-order valence-corrected chi connectivity index (χ0v) is 10.4. The summed E-state index contributed by atoms with van der Waals surface area (Å²) in [5.41, 5.74) is 0.199. The predicted octanol–water partition coefficient (Wildman–Crippen LogP) is 0.422. The minimum absolute atomic E-state index is 0.0801. The van der Waals surface area contributed by atoms with Gasteiger partial charge in [-0.3, -0.25) is 0 Å². The molecule has 2 fully saturated rings. The van der Waals surface area contributed by atoms with E-state index in [0.717, 1.165) is 19.6 Å². The molecule has 0 N–H and O–H groups in total. The first-order valence-electron chi connectivity index (χ1n) is 5.16. The fourth-order valence-electron chi connectivity index (χ4n) is 2.31. The summed E-state index contributed by atoms with van der Waals surface area (Å²) >= 11 is 0. The average molecular weight is 234 g/mol. The second-order valence-electron chi connectivity index (χ2n) is 3.82. The van der Waals surface area contributed by atoms with E-state index in [9.17, 15) is 0 Å². The number of hydrogen-bond donors (Lipinski definition) is 0. The normalized spacial score (nSPS) is 35.8. The molecule has 0 amide bonds. The van der Waals surface area contributed by atoms with Crippen molar-refractivity contribution in [3.8, 4) is 0 Å². The van der Waals surface area contributed by atoms with Gasteiger partial charge >= 0.3 is 8.80 Å². The van der Waals surface area contributed by atoms with Crippen LogP contribution in [0.5, 0.6) is 0 Å². The summed E-state index contributed by atoms with van der Waals surface area (Å²) in [6.45, 7) is 1.52. The highest BCUT2D eigenvalue weighted by Gasteiger charge is 2.57. The monoisotopic (exact) mass is 234 g/mol. The van der Waals surface area contributed by atoms with Gasteiger partial charge in [-0.05, 0) is 6.42 Å². The smallest absolute Gasteiger partial charge is 0.377 e. The Bertz CT molecular complexity index is 208. The lowest BCUT2D eigenvalue weighted by molar-refractivity contribution is 0.0571. The van der Waals surface area contributed by atoms with Gasteiger partial charge in [0.1, 0.15) is 6.10 Å². The Labute approximate surface area is 91.0 Å². The first-order chi connectivity index (χ1) is 7.27. The molecule has 2 aliphatic heterocycles. The first-order valence-corrected chi connectivity index (χ1v) is 6.96. The summed E-state index contributed by atoms with van der Waals surface area (Å²) in [5, 5.41) is 0. The van der Waals surface area contributed by atoms with Gasteiger partial charge in [-0.2, -0.15) is 0 Å². The summed E-state index contributed by atoms with van der Waals surface area (Å²) < 4.78 is 27.4. The van der Waals surface area contributed by atoms with Gasteiger partial charge in [0.2, 0.25) is 0 Å². The van der Waals surface area contributed by atoms with Gasteiger partial charge in [0, 0.05) is 27.9 Å². The number of epoxide rings is 1. The van der Waals surface area contributed by atoms with Crippen molar-refractivity contribution in [3.63, 3.8) is 0 Å². The van der Waals surface area contributed by atoms with Crippen LogP contribution < -0.4 is 0 Å². The number of rotatable bonds is 5. The van der Waals surface area contributed by atoms with E-state index in [4.69, 9.17) is 22.8 Å². The molecule has 2 aliphatic rings. The second kappa shape index (κ2) is 4.48. The van der Waals surface area contributed by atoms with Crippen molar-refractivity contribution in [2.75, 3.05) is 34.5 Å². The van der Waals surface area contributed by atoms with E-state index in [1.165, 1.54) is 0 Å². The quantitative estimate of drug-likeness (QED) is 0.510. The molecule has 2 saturated heterocycles. The third-order valence-corrected chi connectivity index (χ3v) is 6.40. The highest BCUT2D eigenvalue weighted by molar-refractivity contribution is 6.62. The van der Waals surface area contributed by atoms with Crippen molar-refractivity contribution in [1.29, 1.82) is 0 Å². The average Bonchev–Trinajstić information content (AvgIpc) is 3.01. The van der Waals surface area contributed by atoms with Crippen LogP contribution in [0.3, 0.4) is 0 Å². The Balaban J connectivity index is 2.11. The van der Waals surface area contributed by atoms with Crippen LogP contribution in [0.25, 0.3) is 0 Å². The number of ether oxygens (including phenoxy) is 2. The zero-order valence-electron chi connectivity index (χ0n) is 9.39. The lowest BCUT2D eigenvalue weighted by atomic mass is 10.2. The molecule has 0 aromatic rings. The van der Waals surface area contributed by atoms with Gasteiger partial charge in [-0.15, -0.1) is 0 Å². The molecule has 0 aliphatic carbocycles. The van der Waals surface area contributed by atoms with Crippen LogP contribution >= 0.6 is 0 Å². The molecule has 0 spiro atoms. The maximum absolute atomic E-state index is 5.67. The van der Waals surface area contributed by atoms with E-state index in [-0.39, 0.29) is 17.7 Å². The minimum atomic E-state index is -2.58. The van der Waals surface area contributed by atoms with E-state index in [1.807, 2.05) is 0 Å². The SMILES string of the molecule is CO[Si](OC)(OC)C1CCOC1C1CO1. The Morgan fingerprint density at radius 3 is 2.13 bits per heavy atom. The third-order valence-electron chi connectivity index (χ3n) is 3.17. The summed E-state index contributed by atoms with van der Waals surface area (Å²) in [6, 6.07) is 0. The molecule has 0 radical (unpaired) electrons. The van der Waals surface area contributed by atoms with Gasteiger partial charge < -0.3 is 22.8 Å². The van der Waals surface area contributed by atoms with E-state index in [0.29, 0.717) is 0 Å². The molecule has 3 unspecified atom stereocenters. The molecule has 88 valence electrons. The standard InChI is InChI=1S/C9H18O5Si/c1-10-15(11-2,12-3)8-4-5-13-9(8)7-6-14-7/h7-9H,4-6H2,1-3H3. The van der Waals surface area contributed by atoms with Gasteiger partial charge in [0.05, 0.1) is 18.3 Å². The molecule has 0 bridgehead atoms. The molecule has 6 heteroatoms. The Morgan fingerprint density at radius 2 is 1.67 bits per heavy atom. The Kier molecular flexibility index (Phi) is 3.44. The van der Waals surface area contributed by atoms with Gasteiger partial charge in [-0.1, -0.05) is 0 Å². The van der Waals surface area contributed by atoms with Crippen LogP contribution in [0.4, 0.5) is 0 Å². The van der Waals surface area contributed by atoms with Gasteiger partial charge in [0.15, 0.2) is 0 Å². The van der Waals surface area contributed by atoms with Crippen molar-refractivity contribution in [1.82, 2.24) is 0 Å². The van der Waals surface area contributed by atoms with E-state index in [1.54, 1.807) is 21.3 Å². The van der Waals surface area contributed by atoms with Crippen molar-refractivity contribution in [2.24, 2.45) is 0 Å². The highest BCUT2D eigenvalue weighted by atomic mass is 28.4. The van der Waals surface area contributed by atoms with Crippen LogP contribution in [0.2, 0.25) is 5.54 Å². The molecule has 0 aromatic heterocycles. The van der Waals surface area contributed by atoms with Crippen LogP contribution in [-0.4, -0.2) is 55.6 Å². The zero-order chi connectivity index (χ0) is 10.9. The molecule has 0 saturated carbocycles. The topological polar surface area (TPSA) is 49.5 Å². The van der Waals surface area contributed by atoms with E-state index in [2.05, 4.69) is 0 Å². The molecular formula is C9H18O5Si. The maximum Gasteiger partial charge on any atom is 0.506 e. The van der Waals surface area contributed by atoms with Crippen molar-refractivity contribution < 1.29 is 22.8 Å². The minimum Gasteiger partial charge on any atom is -0.377 e. The fraction of sp³-hybridized carbons (Fsp3) is 1.00. The van der Waals surface area contributed by atoms with Crippen molar-refractivity contribution in [2.45, 2.75) is 24.2 Å². The predicted molar refractivity (Wildman–Crippen MR) is 54.6 cm³/mol. The van der Waals surface area contributed by atoms with Crippen molar-refractivity contribution >= 4 is 8.80 Å². The third kappa shape index (κ3) is 1.97. The summed E-state index contributed by atoms with van der Waals surface area (Å²) in [7, 11) is 2.35. The maximum atomic E-state index is 5.67. The van der Waals surface area contributed by atoms with Crippen LogP contribution in [-0.2, 0) is 22.8 Å². The largest absolute Gasteiger partial charge is 0.506 e. The van der Waals surface area contributed by atoms with Crippen LogP contribution in [0.1, 0.15) is 6.42 Å². The fourth-order valence-corrected chi connectivity index (χ4v) is 4.90. The molecule has 2 rings (SSSR count). The molecule has 15 heavy (non-hydrogen) atoms. The van der Waals surface area contributed by atoms with Crippen LogP contribution in [0, 0.1) is 0 Å². The molecule has 2 heterocycles. The molecule has 3 atom stereocenters. The van der Waals surface area contributed by atoms with E-state index >= 15 is 0 Å².